The second-order valence-corrected chi connectivity index (χ2v) is 6.35. The second kappa shape index (κ2) is 5.00. The van der Waals surface area contributed by atoms with Crippen molar-refractivity contribution in [1.82, 2.24) is 0 Å². The fourth-order valence-electron chi connectivity index (χ4n) is 3.73. The van der Waals surface area contributed by atoms with E-state index in [4.69, 9.17) is 5.73 Å². The van der Waals surface area contributed by atoms with Gasteiger partial charge in [-0.1, -0.05) is 25.7 Å². The quantitative estimate of drug-likeness (QED) is 0.813. The standard InChI is InChI=1S/C16H22N2O2/c17-12-5-6-14(13(9-12)15(19)20)18-10-16(11-18)7-3-1-2-4-8-16/h5-6,9H,1-4,7-8,10-11,17H2,(H,19,20). The molecule has 0 amide bonds. The summed E-state index contributed by atoms with van der Waals surface area (Å²) in [6, 6.07) is 5.21. The van der Waals surface area contributed by atoms with Gasteiger partial charge in [-0.2, -0.15) is 0 Å². The Labute approximate surface area is 119 Å². The van der Waals surface area contributed by atoms with E-state index in [-0.39, 0.29) is 0 Å². The lowest BCUT2D eigenvalue weighted by atomic mass is 9.73. The van der Waals surface area contributed by atoms with Crippen molar-refractivity contribution in [3.05, 3.63) is 23.8 Å². The Morgan fingerprint density at radius 1 is 1.15 bits per heavy atom. The number of benzene rings is 1. The number of carboxylic acids is 1. The molecular formula is C16H22N2O2. The minimum atomic E-state index is -0.894. The molecule has 108 valence electrons. The number of carboxylic acid groups (broad SMARTS) is 1. The Kier molecular flexibility index (Phi) is 3.32. The van der Waals surface area contributed by atoms with E-state index in [1.54, 1.807) is 12.1 Å². The summed E-state index contributed by atoms with van der Waals surface area (Å²) in [7, 11) is 0. The van der Waals surface area contributed by atoms with Crippen molar-refractivity contribution in [2.75, 3.05) is 23.7 Å². The molecule has 0 aromatic heterocycles. The van der Waals surface area contributed by atoms with Crippen LogP contribution in [0.4, 0.5) is 11.4 Å². The molecule has 2 aliphatic rings. The molecule has 0 unspecified atom stereocenters. The maximum atomic E-state index is 11.4. The summed E-state index contributed by atoms with van der Waals surface area (Å²) in [5.74, 6) is -0.894. The highest BCUT2D eigenvalue weighted by molar-refractivity contribution is 5.95. The molecule has 1 aliphatic carbocycles. The van der Waals surface area contributed by atoms with Crippen LogP contribution >= 0.6 is 0 Å². The van der Waals surface area contributed by atoms with Gasteiger partial charge in [0.2, 0.25) is 0 Å². The van der Waals surface area contributed by atoms with Crippen molar-refractivity contribution in [3.63, 3.8) is 0 Å². The molecule has 0 bridgehead atoms. The summed E-state index contributed by atoms with van der Waals surface area (Å²) in [6.07, 6.45) is 7.93. The van der Waals surface area contributed by atoms with Crippen molar-refractivity contribution in [1.29, 1.82) is 0 Å². The molecule has 20 heavy (non-hydrogen) atoms. The van der Waals surface area contributed by atoms with Gasteiger partial charge in [0.25, 0.3) is 0 Å². The van der Waals surface area contributed by atoms with E-state index < -0.39 is 5.97 Å². The molecule has 1 spiro atoms. The minimum Gasteiger partial charge on any atom is -0.478 e. The maximum absolute atomic E-state index is 11.4. The van der Waals surface area contributed by atoms with Crippen LogP contribution in [0.2, 0.25) is 0 Å². The number of nitrogens with two attached hydrogens (primary N) is 1. The zero-order valence-electron chi connectivity index (χ0n) is 11.8. The Morgan fingerprint density at radius 3 is 2.40 bits per heavy atom. The van der Waals surface area contributed by atoms with Gasteiger partial charge in [-0.05, 0) is 31.0 Å². The summed E-state index contributed by atoms with van der Waals surface area (Å²) >= 11 is 0. The molecule has 1 aromatic rings. The average molecular weight is 274 g/mol. The molecule has 1 saturated heterocycles. The molecule has 1 aliphatic heterocycles. The second-order valence-electron chi connectivity index (χ2n) is 6.35. The van der Waals surface area contributed by atoms with E-state index in [0.29, 0.717) is 16.7 Å². The molecule has 1 heterocycles. The number of rotatable bonds is 2. The van der Waals surface area contributed by atoms with Crippen LogP contribution in [-0.2, 0) is 0 Å². The summed E-state index contributed by atoms with van der Waals surface area (Å²) in [6.45, 7) is 1.99. The molecule has 1 saturated carbocycles. The van der Waals surface area contributed by atoms with Crippen LogP contribution in [0, 0.1) is 5.41 Å². The molecule has 4 nitrogen and oxygen atoms in total. The number of hydrogen-bond donors (Lipinski definition) is 2. The van der Waals surface area contributed by atoms with Crippen molar-refractivity contribution in [3.8, 4) is 0 Å². The molecular weight excluding hydrogens is 252 g/mol. The van der Waals surface area contributed by atoms with Gasteiger partial charge in [0.15, 0.2) is 0 Å². The molecule has 1 aromatic carbocycles. The van der Waals surface area contributed by atoms with Gasteiger partial charge >= 0.3 is 5.97 Å². The molecule has 0 radical (unpaired) electrons. The zero-order chi connectivity index (χ0) is 14.2. The summed E-state index contributed by atoms with van der Waals surface area (Å²) in [5.41, 5.74) is 7.80. The van der Waals surface area contributed by atoms with Gasteiger partial charge in [-0.15, -0.1) is 0 Å². The minimum absolute atomic E-state index is 0.327. The molecule has 0 atom stereocenters. The highest BCUT2D eigenvalue weighted by Crippen LogP contribution is 2.45. The molecule has 3 N–H and O–H groups in total. The first-order valence-corrected chi connectivity index (χ1v) is 7.47. The van der Waals surface area contributed by atoms with Crippen LogP contribution in [0.25, 0.3) is 0 Å². The average Bonchev–Trinajstić information content (AvgIpc) is 2.62. The fourth-order valence-corrected chi connectivity index (χ4v) is 3.73. The third-order valence-corrected chi connectivity index (χ3v) is 4.81. The van der Waals surface area contributed by atoms with Gasteiger partial charge in [0.1, 0.15) is 0 Å². The first kappa shape index (κ1) is 13.3. The lowest BCUT2D eigenvalue weighted by molar-refractivity contribution is 0.0696. The van der Waals surface area contributed by atoms with E-state index >= 15 is 0 Å². The van der Waals surface area contributed by atoms with E-state index in [1.165, 1.54) is 38.5 Å². The topological polar surface area (TPSA) is 66.6 Å². The van der Waals surface area contributed by atoms with Crippen LogP contribution in [0.15, 0.2) is 18.2 Å². The maximum Gasteiger partial charge on any atom is 0.337 e. The summed E-state index contributed by atoms with van der Waals surface area (Å²) in [5, 5.41) is 9.32. The molecule has 2 fully saturated rings. The predicted octanol–water partition coefficient (Wildman–Crippen LogP) is 3.13. The number of aromatic carboxylic acids is 1. The normalized spacial score (nSPS) is 21.3. The summed E-state index contributed by atoms with van der Waals surface area (Å²) < 4.78 is 0. The Bertz CT molecular complexity index is 511. The third kappa shape index (κ3) is 2.35. The van der Waals surface area contributed by atoms with Gasteiger partial charge in [-0.25, -0.2) is 4.79 Å². The first-order valence-electron chi connectivity index (χ1n) is 7.47. The van der Waals surface area contributed by atoms with Crippen molar-refractivity contribution >= 4 is 17.3 Å². The number of anilines is 2. The predicted molar refractivity (Wildman–Crippen MR) is 80.2 cm³/mol. The van der Waals surface area contributed by atoms with Crippen LogP contribution in [0.3, 0.4) is 0 Å². The highest BCUT2D eigenvalue weighted by Gasteiger charge is 2.43. The van der Waals surface area contributed by atoms with Gasteiger partial charge < -0.3 is 15.7 Å². The van der Waals surface area contributed by atoms with Crippen molar-refractivity contribution in [2.45, 2.75) is 38.5 Å². The van der Waals surface area contributed by atoms with Gasteiger partial charge in [0, 0.05) is 24.2 Å². The highest BCUT2D eigenvalue weighted by atomic mass is 16.4. The Balaban J connectivity index is 1.78. The van der Waals surface area contributed by atoms with Gasteiger partial charge in [-0.3, -0.25) is 0 Å². The van der Waals surface area contributed by atoms with E-state index in [0.717, 1.165) is 18.8 Å². The van der Waals surface area contributed by atoms with E-state index in [9.17, 15) is 9.90 Å². The van der Waals surface area contributed by atoms with Crippen molar-refractivity contribution in [2.24, 2.45) is 5.41 Å². The van der Waals surface area contributed by atoms with Crippen LogP contribution < -0.4 is 10.6 Å². The largest absolute Gasteiger partial charge is 0.478 e. The van der Waals surface area contributed by atoms with Crippen LogP contribution in [-0.4, -0.2) is 24.2 Å². The SMILES string of the molecule is Nc1ccc(N2CC3(CCCCCC3)C2)c(C(=O)O)c1. The van der Waals surface area contributed by atoms with E-state index in [1.807, 2.05) is 6.07 Å². The number of nitrogen functional groups attached to an aromatic ring is 1. The number of hydrogen-bond acceptors (Lipinski definition) is 3. The Hall–Kier alpha value is -1.71. The monoisotopic (exact) mass is 274 g/mol. The van der Waals surface area contributed by atoms with Crippen LogP contribution in [0.1, 0.15) is 48.9 Å². The third-order valence-electron chi connectivity index (χ3n) is 4.81. The van der Waals surface area contributed by atoms with E-state index in [2.05, 4.69) is 4.90 Å². The van der Waals surface area contributed by atoms with Gasteiger partial charge in [0.05, 0.1) is 11.3 Å². The first-order chi connectivity index (χ1) is 9.60. The lowest BCUT2D eigenvalue weighted by Crippen LogP contribution is -2.56. The lowest BCUT2D eigenvalue weighted by Gasteiger charge is -2.52. The number of carbonyl (C=O) groups is 1. The summed E-state index contributed by atoms with van der Waals surface area (Å²) in [4.78, 5) is 13.6. The molecule has 3 rings (SSSR count). The smallest absolute Gasteiger partial charge is 0.337 e. The van der Waals surface area contributed by atoms with Crippen molar-refractivity contribution < 1.29 is 9.90 Å². The fraction of sp³-hybridized carbons (Fsp3) is 0.562. The zero-order valence-corrected chi connectivity index (χ0v) is 11.8. The Morgan fingerprint density at radius 2 is 1.80 bits per heavy atom. The van der Waals surface area contributed by atoms with Crippen LogP contribution in [0.5, 0.6) is 0 Å². The molecule has 4 heteroatoms. The number of nitrogens with zero attached hydrogens (tertiary/aromatic N) is 1.